The normalized spacial score (nSPS) is 9.75. The van der Waals surface area contributed by atoms with Crippen LogP contribution < -0.4 is 5.73 Å². The van der Waals surface area contributed by atoms with E-state index in [2.05, 4.69) is 0 Å². The van der Waals surface area contributed by atoms with Crippen LogP contribution in [0.15, 0.2) is 11.4 Å². The van der Waals surface area contributed by atoms with Gasteiger partial charge in [0.15, 0.2) is 0 Å². The average molecular weight is 131 g/mol. The molecule has 44 valence electrons. The summed E-state index contributed by atoms with van der Waals surface area (Å²) in [6.45, 7) is 0.439. The molecule has 0 saturated heterocycles. The van der Waals surface area contributed by atoms with E-state index in [1.165, 1.54) is 22.8 Å². The van der Waals surface area contributed by atoms with Crippen LogP contribution in [0, 0.1) is 5.82 Å². The molecule has 3 heteroatoms. The number of rotatable bonds is 1. The Kier molecular flexibility index (Phi) is 1.60. The largest absolute Gasteiger partial charge is 0.326 e. The standard InChI is InChI=1S/C5H6FNS/c6-4-1-5(2-7)8-3-4/h1,3H,2,7H2. The molecule has 2 N–H and O–H groups in total. The zero-order valence-electron chi connectivity index (χ0n) is 4.23. The first-order valence-corrected chi connectivity index (χ1v) is 3.14. The Labute approximate surface area is 50.9 Å². The minimum absolute atomic E-state index is 0.185. The van der Waals surface area contributed by atoms with Gasteiger partial charge in [-0.25, -0.2) is 4.39 Å². The molecule has 1 aromatic rings. The second-order valence-electron chi connectivity index (χ2n) is 1.44. The van der Waals surface area contributed by atoms with Gasteiger partial charge in [-0.3, -0.25) is 0 Å². The topological polar surface area (TPSA) is 26.0 Å². The predicted molar refractivity (Wildman–Crippen MR) is 32.2 cm³/mol. The van der Waals surface area contributed by atoms with E-state index in [4.69, 9.17) is 5.73 Å². The first-order chi connectivity index (χ1) is 3.83. The van der Waals surface area contributed by atoms with Gasteiger partial charge in [0.25, 0.3) is 0 Å². The highest BCUT2D eigenvalue weighted by atomic mass is 32.1. The molecule has 0 unspecified atom stereocenters. The zero-order valence-corrected chi connectivity index (χ0v) is 5.04. The van der Waals surface area contributed by atoms with Crippen LogP contribution in [0.25, 0.3) is 0 Å². The summed E-state index contributed by atoms with van der Waals surface area (Å²) >= 11 is 1.35. The smallest absolute Gasteiger partial charge is 0.134 e. The summed E-state index contributed by atoms with van der Waals surface area (Å²) in [5, 5.41) is 1.45. The van der Waals surface area contributed by atoms with E-state index in [1.54, 1.807) is 0 Å². The Hall–Kier alpha value is -0.410. The molecule has 0 bridgehead atoms. The van der Waals surface area contributed by atoms with Gasteiger partial charge in [0.2, 0.25) is 0 Å². The third-order valence-electron chi connectivity index (χ3n) is 0.823. The Morgan fingerprint density at radius 3 is 2.75 bits per heavy atom. The van der Waals surface area contributed by atoms with E-state index in [-0.39, 0.29) is 5.82 Å². The monoisotopic (exact) mass is 131 g/mol. The van der Waals surface area contributed by atoms with E-state index in [9.17, 15) is 4.39 Å². The molecule has 0 atom stereocenters. The second-order valence-corrected chi connectivity index (χ2v) is 2.43. The van der Waals surface area contributed by atoms with Crippen LogP contribution in [-0.4, -0.2) is 0 Å². The first kappa shape index (κ1) is 5.72. The van der Waals surface area contributed by atoms with Crippen molar-refractivity contribution < 1.29 is 4.39 Å². The zero-order chi connectivity index (χ0) is 5.98. The van der Waals surface area contributed by atoms with Crippen molar-refractivity contribution >= 4 is 11.3 Å². The molecular weight excluding hydrogens is 125 g/mol. The Morgan fingerprint density at radius 2 is 2.50 bits per heavy atom. The summed E-state index contributed by atoms with van der Waals surface area (Å²) in [6, 6.07) is 1.45. The van der Waals surface area contributed by atoms with Gasteiger partial charge in [0, 0.05) is 16.8 Å². The van der Waals surface area contributed by atoms with Crippen molar-refractivity contribution in [1.29, 1.82) is 0 Å². The fourth-order valence-electron chi connectivity index (χ4n) is 0.461. The van der Waals surface area contributed by atoms with Crippen LogP contribution in [0.4, 0.5) is 4.39 Å². The molecule has 0 saturated carbocycles. The summed E-state index contributed by atoms with van der Waals surface area (Å²) in [7, 11) is 0. The molecular formula is C5H6FNS. The second kappa shape index (κ2) is 2.24. The van der Waals surface area contributed by atoms with Gasteiger partial charge < -0.3 is 5.73 Å². The molecule has 0 aliphatic heterocycles. The van der Waals surface area contributed by atoms with Crippen LogP contribution in [0.3, 0.4) is 0 Å². The molecule has 0 amide bonds. The lowest BCUT2D eigenvalue weighted by Crippen LogP contribution is -1.91. The molecule has 0 aliphatic carbocycles. The van der Waals surface area contributed by atoms with Crippen molar-refractivity contribution in [2.45, 2.75) is 6.54 Å². The van der Waals surface area contributed by atoms with Crippen molar-refractivity contribution in [3.63, 3.8) is 0 Å². The average Bonchev–Trinajstić information content (AvgIpc) is 2.14. The van der Waals surface area contributed by atoms with Gasteiger partial charge in [-0.2, -0.15) is 0 Å². The minimum atomic E-state index is -0.185. The summed E-state index contributed by atoms with van der Waals surface area (Å²) in [5.41, 5.74) is 5.21. The van der Waals surface area contributed by atoms with Crippen LogP contribution in [0.5, 0.6) is 0 Å². The van der Waals surface area contributed by atoms with E-state index in [0.29, 0.717) is 6.54 Å². The van der Waals surface area contributed by atoms with Crippen molar-refractivity contribution in [3.05, 3.63) is 22.1 Å². The number of hydrogen-bond acceptors (Lipinski definition) is 2. The van der Waals surface area contributed by atoms with E-state index < -0.39 is 0 Å². The minimum Gasteiger partial charge on any atom is -0.326 e. The van der Waals surface area contributed by atoms with Crippen LogP contribution >= 0.6 is 11.3 Å². The lowest BCUT2D eigenvalue weighted by molar-refractivity contribution is 0.632. The van der Waals surface area contributed by atoms with Crippen molar-refractivity contribution in [2.24, 2.45) is 5.73 Å². The number of thiophene rings is 1. The fourth-order valence-corrected chi connectivity index (χ4v) is 1.07. The third kappa shape index (κ3) is 1.05. The first-order valence-electron chi connectivity index (χ1n) is 2.26. The molecule has 0 aromatic carbocycles. The Morgan fingerprint density at radius 1 is 1.75 bits per heavy atom. The quantitative estimate of drug-likeness (QED) is 0.611. The molecule has 1 aromatic heterocycles. The maximum absolute atomic E-state index is 12.1. The fraction of sp³-hybridized carbons (Fsp3) is 0.200. The van der Waals surface area contributed by atoms with Crippen LogP contribution in [0.1, 0.15) is 4.88 Å². The van der Waals surface area contributed by atoms with E-state index in [1.807, 2.05) is 0 Å². The molecule has 0 spiro atoms. The number of halogens is 1. The lowest BCUT2D eigenvalue weighted by Gasteiger charge is -1.79. The molecule has 0 radical (unpaired) electrons. The summed E-state index contributed by atoms with van der Waals surface area (Å²) < 4.78 is 12.1. The Bertz CT molecular complexity index is 173. The van der Waals surface area contributed by atoms with Gasteiger partial charge in [-0.1, -0.05) is 0 Å². The summed E-state index contributed by atoms with van der Waals surface area (Å²) in [6.07, 6.45) is 0. The number of hydrogen-bond donors (Lipinski definition) is 1. The van der Waals surface area contributed by atoms with Crippen molar-refractivity contribution in [2.75, 3.05) is 0 Å². The summed E-state index contributed by atoms with van der Waals surface area (Å²) in [5.74, 6) is -0.185. The van der Waals surface area contributed by atoms with Gasteiger partial charge >= 0.3 is 0 Å². The molecule has 1 nitrogen and oxygen atoms in total. The van der Waals surface area contributed by atoms with Gasteiger partial charge in [0.1, 0.15) is 5.82 Å². The predicted octanol–water partition coefficient (Wildman–Crippen LogP) is 1.35. The van der Waals surface area contributed by atoms with Gasteiger partial charge in [-0.05, 0) is 6.07 Å². The van der Waals surface area contributed by atoms with Crippen molar-refractivity contribution in [3.8, 4) is 0 Å². The Balaban J connectivity index is 2.84. The maximum Gasteiger partial charge on any atom is 0.134 e. The highest BCUT2D eigenvalue weighted by Crippen LogP contribution is 2.10. The van der Waals surface area contributed by atoms with Crippen LogP contribution in [-0.2, 0) is 6.54 Å². The SMILES string of the molecule is NCc1cc(F)cs1. The van der Waals surface area contributed by atoms with Gasteiger partial charge in [0.05, 0.1) is 0 Å². The van der Waals surface area contributed by atoms with Gasteiger partial charge in [-0.15, -0.1) is 11.3 Å². The van der Waals surface area contributed by atoms with E-state index in [0.717, 1.165) is 4.88 Å². The maximum atomic E-state index is 12.1. The highest BCUT2D eigenvalue weighted by Gasteiger charge is 1.93. The highest BCUT2D eigenvalue weighted by molar-refractivity contribution is 7.09. The molecule has 8 heavy (non-hydrogen) atoms. The van der Waals surface area contributed by atoms with Crippen molar-refractivity contribution in [1.82, 2.24) is 0 Å². The molecule has 1 rings (SSSR count). The lowest BCUT2D eigenvalue weighted by atomic mass is 10.5. The summed E-state index contributed by atoms with van der Waals surface area (Å²) in [4.78, 5) is 0.891. The number of nitrogens with two attached hydrogens (primary N) is 1. The molecule has 0 fully saturated rings. The third-order valence-corrected chi connectivity index (χ3v) is 1.75. The van der Waals surface area contributed by atoms with E-state index >= 15 is 0 Å². The van der Waals surface area contributed by atoms with Crippen LogP contribution in [0.2, 0.25) is 0 Å². The molecule has 1 heterocycles. The molecule has 0 aliphatic rings.